The van der Waals surface area contributed by atoms with Crippen molar-refractivity contribution < 1.29 is 4.42 Å². The lowest BCUT2D eigenvalue weighted by molar-refractivity contribution is 0.661. The minimum Gasteiger partial charge on any atom is -0.456 e. The number of furan rings is 1. The Kier molecular flexibility index (Phi) is 5.58. The van der Waals surface area contributed by atoms with Crippen molar-refractivity contribution in [3.8, 4) is 22.3 Å². The number of para-hydroxylation sites is 1. The van der Waals surface area contributed by atoms with E-state index in [-0.39, 0.29) is 5.41 Å². The predicted molar refractivity (Wildman–Crippen MR) is 189 cm³/mol. The van der Waals surface area contributed by atoms with E-state index in [0.29, 0.717) is 0 Å². The fourth-order valence-corrected chi connectivity index (χ4v) is 7.28. The van der Waals surface area contributed by atoms with E-state index in [4.69, 9.17) is 4.42 Å². The summed E-state index contributed by atoms with van der Waals surface area (Å²) in [5, 5.41) is 4.82. The zero-order chi connectivity index (χ0) is 30.1. The average Bonchev–Trinajstić information content (AvgIpc) is 3.56. The van der Waals surface area contributed by atoms with Crippen LogP contribution in [0.3, 0.4) is 0 Å². The molecule has 0 N–H and O–H groups in total. The maximum absolute atomic E-state index is 6.20. The van der Waals surface area contributed by atoms with Gasteiger partial charge in [-0.15, -0.1) is 0 Å². The van der Waals surface area contributed by atoms with Gasteiger partial charge in [0, 0.05) is 33.2 Å². The Bertz CT molecular complexity index is 2400. The van der Waals surface area contributed by atoms with Crippen molar-refractivity contribution in [3.63, 3.8) is 0 Å². The fourth-order valence-electron chi connectivity index (χ4n) is 7.28. The van der Waals surface area contributed by atoms with E-state index in [0.717, 1.165) is 39.0 Å². The summed E-state index contributed by atoms with van der Waals surface area (Å²) in [6.45, 7) is 4.72. The van der Waals surface area contributed by atoms with Crippen molar-refractivity contribution in [2.75, 3.05) is 4.90 Å². The molecule has 1 aliphatic carbocycles. The largest absolute Gasteiger partial charge is 0.456 e. The van der Waals surface area contributed by atoms with E-state index >= 15 is 0 Å². The zero-order valence-corrected chi connectivity index (χ0v) is 25.3. The molecular formula is C43H31NO. The zero-order valence-electron chi connectivity index (χ0n) is 25.3. The summed E-state index contributed by atoms with van der Waals surface area (Å²) in [6.07, 6.45) is 0. The molecule has 2 nitrogen and oxygen atoms in total. The van der Waals surface area contributed by atoms with E-state index in [1.807, 2.05) is 12.1 Å². The van der Waals surface area contributed by atoms with Gasteiger partial charge >= 0.3 is 0 Å². The summed E-state index contributed by atoms with van der Waals surface area (Å²) >= 11 is 0. The quantitative estimate of drug-likeness (QED) is 0.207. The second-order valence-corrected chi connectivity index (χ2v) is 12.6. The van der Waals surface area contributed by atoms with Gasteiger partial charge < -0.3 is 9.32 Å². The number of anilines is 3. The molecule has 0 amide bonds. The highest BCUT2D eigenvalue weighted by Crippen LogP contribution is 2.52. The maximum Gasteiger partial charge on any atom is 0.135 e. The van der Waals surface area contributed by atoms with Crippen LogP contribution >= 0.6 is 0 Å². The molecule has 214 valence electrons. The Hall–Kier alpha value is -5.60. The van der Waals surface area contributed by atoms with Crippen LogP contribution in [-0.4, -0.2) is 0 Å². The molecule has 0 radical (unpaired) electrons. The van der Waals surface area contributed by atoms with Gasteiger partial charge in [0.2, 0.25) is 0 Å². The van der Waals surface area contributed by atoms with E-state index in [1.165, 1.54) is 44.2 Å². The minimum absolute atomic E-state index is 0.127. The van der Waals surface area contributed by atoms with E-state index in [2.05, 4.69) is 158 Å². The molecule has 2 heteroatoms. The first kappa shape index (κ1) is 25.9. The molecule has 8 aromatic rings. The van der Waals surface area contributed by atoms with Crippen molar-refractivity contribution in [3.05, 3.63) is 163 Å². The summed E-state index contributed by atoms with van der Waals surface area (Å²) in [5.74, 6) is 0. The van der Waals surface area contributed by atoms with Gasteiger partial charge in [0.15, 0.2) is 0 Å². The van der Waals surface area contributed by atoms with Crippen molar-refractivity contribution in [1.29, 1.82) is 0 Å². The van der Waals surface area contributed by atoms with Gasteiger partial charge in [-0.05, 0) is 105 Å². The van der Waals surface area contributed by atoms with Crippen LogP contribution in [0.5, 0.6) is 0 Å². The summed E-state index contributed by atoms with van der Waals surface area (Å²) in [7, 11) is 0. The molecule has 0 atom stereocenters. The average molecular weight is 578 g/mol. The Balaban J connectivity index is 1.23. The van der Waals surface area contributed by atoms with Crippen molar-refractivity contribution in [2.24, 2.45) is 0 Å². The van der Waals surface area contributed by atoms with Gasteiger partial charge in [0.25, 0.3) is 0 Å². The minimum atomic E-state index is -0.127. The third-order valence-corrected chi connectivity index (χ3v) is 9.64. The number of fused-ring (bicyclic) bond motifs is 7. The van der Waals surface area contributed by atoms with Crippen molar-refractivity contribution >= 4 is 49.8 Å². The first-order chi connectivity index (χ1) is 22.0. The predicted octanol–water partition coefficient (Wildman–Crippen LogP) is 12.2. The topological polar surface area (TPSA) is 16.4 Å². The smallest absolute Gasteiger partial charge is 0.135 e. The first-order valence-corrected chi connectivity index (χ1v) is 15.6. The highest BCUT2D eigenvalue weighted by atomic mass is 16.3. The molecular weight excluding hydrogens is 546 g/mol. The lowest BCUT2D eigenvalue weighted by Gasteiger charge is -2.28. The molecule has 1 aliphatic rings. The van der Waals surface area contributed by atoms with Crippen LogP contribution in [0.15, 0.2) is 156 Å². The number of nitrogens with zero attached hydrogens (tertiary/aromatic N) is 1. The van der Waals surface area contributed by atoms with Crippen LogP contribution in [0.4, 0.5) is 17.1 Å². The van der Waals surface area contributed by atoms with Gasteiger partial charge in [0.1, 0.15) is 11.2 Å². The lowest BCUT2D eigenvalue weighted by Crippen LogP contribution is -2.16. The molecule has 1 heterocycles. The summed E-state index contributed by atoms with van der Waals surface area (Å²) in [6, 6.07) is 54.8. The Morgan fingerprint density at radius 1 is 0.444 bits per heavy atom. The molecule has 45 heavy (non-hydrogen) atoms. The van der Waals surface area contributed by atoms with Crippen LogP contribution in [0.1, 0.15) is 25.0 Å². The maximum atomic E-state index is 6.20. The number of rotatable bonds is 4. The van der Waals surface area contributed by atoms with Gasteiger partial charge in [-0.25, -0.2) is 0 Å². The van der Waals surface area contributed by atoms with E-state index in [1.54, 1.807) is 0 Å². The number of benzene rings is 7. The molecule has 0 bridgehead atoms. The SMILES string of the molecule is CC1(C)c2cc(N(c3ccc(-c4ccccc4)cc3)c3ccc4oc5ccccc5c4c3)ccc2-c2cc3ccccc3cc21. The second kappa shape index (κ2) is 9.70. The van der Waals surface area contributed by atoms with Gasteiger partial charge in [-0.3, -0.25) is 0 Å². The van der Waals surface area contributed by atoms with E-state index in [9.17, 15) is 0 Å². The second-order valence-electron chi connectivity index (χ2n) is 12.6. The molecule has 9 rings (SSSR count). The summed E-state index contributed by atoms with van der Waals surface area (Å²) in [4.78, 5) is 2.38. The molecule has 0 unspecified atom stereocenters. The highest BCUT2D eigenvalue weighted by molar-refractivity contribution is 6.06. The number of hydrogen-bond donors (Lipinski definition) is 0. The Labute approximate surface area is 262 Å². The van der Waals surface area contributed by atoms with Gasteiger partial charge in [0.05, 0.1) is 0 Å². The summed E-state index contributed by atoms with van der Waals surface area (Å²) < 4.78 is 6.20. The lowest BCUT2D eigenvalue weighted by atomic mass is 9.81. The van der Waals surface area contributed by atoms with Crippen LogP contribution < -0.4 is 4.90 Å². The first-order valence-electron chi connectivity index (χ1n) is 15.6. The van der Waals surface area contributed by atoms with Crippen molar-refractivity contribution in [2.45, 2.75) is 19.3 Å². The van der Waals surface area contributed by atoms with Gasteiger partial charge in [-0.2, -0.15) is 0 Å². The van der Waals surface area contributed by atoms with E-state index < -0.39 is 0 Å². The van der Waals surface area contributed by atoms with Crippen LogP contribution in [0.2, 0.25) is 0 Å². The Morgan fingerprint density at radius 3 is 1.87 bits per heavy atom. The third kappa shape index (κ3) is 4.03. The highest BCUT2D eigenvalue weighted by Gasteiger charge is 2.36. The van der Waals surface area contributed by atoms with Crippen LogP contribution in [-0.2, 0) is 5.41 Å². The van der Waals surface area contributed by atoms with Crippen LogP contribution in [0.25, 0.3) is 55.0 Å². The molecule has 0 saturated carbocycles. The fraction of sp³-hybridized carbons (Fsp3) is 0.0698. The summed E-state index contributed by atoms with van der Waals surface area (Å²) in [5.41, 5.74) is 12.8. The molecule has 7 aromatic carbocycles. The molecule has 0 aliphatic heterocycles. The molecule has 0 fully saturated rings. The normalized spacial score (nSPS) is 13.3. The molecule has 1 aromatic heterocycles. The molecule has 0 saturated heterocycles. The molecule has 0 spiro atoms. The third-order valence-electron chi connectivity index (χ3n) is 9.64. The monoisotopic (exact) mass is 577 g/mol. The standard InChI is InChI=1S/C43H31NO/c1-43(2)39-25-31-13-7-6-12-30(31)24-37(39)35-22-20-34(27-40(35)43)44(32-18-16-29(17-19-32)28-10-4-3-5-11-28)33-21-23-42-38(26-33)36-14-8-9-15-41(36)45-42/h3-27H,1-2H3. The number of hydrogen-bond acceptors (Lipinski definition) is 2. The van der Waals surface area contributed by atoms with Gasteiger partial charge in [-0.1, -0.05) is 105 Å². The Morgan fingerprint density at radius 2 is 1.04 bits per heavy atom. The van der Waals surface area contributed by atoms with Crippen molar-refractivity contribution in [1.82, 2.24) is 0 Å². The van der Waals surface area contributed by atoms with Crippen LogP contribution in [0, 0.1) is 0 Å².